The van der Waals surface area contributed by atoms with Gasteiger partial charge in [0.2, 0.25) is 0 Å². The second-order valence-corrected chi connectivity index (χ2v) is 6.68. The van der Waals surface area contributed by atoms with Crippen molar-refractivity contribution in [3.05, 3.63) is 48.0 Å². The lowest BCUT2D eigenvalue weighted by molar-refractivity contribution is 0.413. The zero-order chi connectivity index (χ0) is 16.6. The minimum absolute atomic E-state index is 0.0260. The molecule has 0 bridgehead atoms. The van der Waals surface area contributed by atoms with Crippen LogP contribution in [-0.2, 0) is 5.41 Å². The summed E-state index contributed by atoms with van der Waals surface area (Å²) in [6.45, 7) is 6.53. The van der Waals surface area contributed by atoms with E-state index >= 15 is 0 Å². The van der Waals surface area contributed by atoms with Gasteiger partial charge in [-0.1, -0.05) is 20.8 Å². The van der Waals surface area contributed by atoms with Gasteiger partial charge in [-0.25, -0.2) is 0 Å². The van der Waals surface area contributed by atoms with Crippen molar-refractivity contribution < 1.29 is 13.9 Å². The molecule has 0 radical (unpaired) electrons. The molecule has 1 heterocycles. The average molecular weight is 310 g/mol. The van der Waals surface area contributed by atoms with Crippen molar-refractivity contribution in [1.29, 1.82) is 0 Å². The van der Waals surface area contributed by atoms with E-state index in [2.05, 4.69) is 32.9 Å². The lowest BCUT2D eigenvalue weighted by Gasteiger charge is -2.20. The highest BCUT2D eigenvalue weighted by Gasteiger charge is 2.21. The summed E-state index contributed by atoms with van der Waals surface area (Å²) in [7, 11) is 3.36. The van der Waals surface area contributed by atoms with Crippen LogP contribution in [0.4, 0.5) is 0 Å². The molecule has 1 aromatic heterocycles. The number of hydrogen-bond donors (Lipinski definition) is 0. The molecule has 0 aliphatic carbocycles. The van der Waals surface area contributed by atoms with E-state index < -0.39 is 0 Å². The Bertz CT molecular complexity index is 820. The molecule has 0 amide bonds. The van der Waals surface area contributed by atoms with E-state index in [1.165, 1.54) is 0 Å². The van der Waals surface area contributed by atoms with Gasteiger partial charge in [0.25, 0.3) is 0 Å². The summed E-state index contributed by atoms with van der Waals surface area (Å²) < 4.78 is 16.8. The van der Waals surface area contributed by atoms with Crippen LogP contribution in [0.25, 0.3) is 22.3 Å². The summed E-state index contributed by atoms with van der Waals surface area (Å²) in [5.74, 6) is 2.54. The van der Waals surface area contributed by atoms with Crippen molar-refractivity contribution >= 4 is 11.0 Å². The average Bonchev–Trinajstić information content (AvgIpc) is 2.96. The van der Waals surface area contributed by atoms with Crippen molar-refractivity contribution in [2.75, 3.05) is 14.2 Å². The first-order valence-corrected chi connectivity index (χ1v) is 7.69. The van der Waals surface area contributed by atoms with Crippen molar-refractivity contribution in [3.63, 3.8) is 0 Å². The van der Waals surface area contributed by atoms with Gasteiger partial charge in [0, 0.05) is 16.5 Å². The smallest absolute Gasteiger partial charge is 0.138 e. The van der Waals surface area contributed by atoms with Crippen LogP contribution in [0.5, 0.6) is 11.5 Å². The molecular formula is C20H22O3. The normalized spacial score (nSPS) is 11.7. The summed E-state index contributed by atoms with van der Waals surface area (Å²) in [5.41, 5.74) is 3.07. The predicted molar refractivity (Wildman–Crippen MR) is 93.5 cm³/mol. The van der Waals surface area contributed by atoms with E-state index in [1.807, 2.05) is 30.3 Å². The molecule has 0 aliphatic rings. The molecule has 0 N–H and O–H groups in total. The molecule has 3 aromatic rings. The van der Waals surface area contributed by atoms with Gasteiger partial charge in [-0.05, 0) is 47.9 Å². The molecule has 2 aromatic carbocycles. The van der Waals surface area contributed by atoms with Crippen LogP contribution < -0.4 is 9.47 Å². The van der Waals surface area contributed by atoms with Crippen LogP contribution in [0.2, 0.25) is 0 Å². The Morgan fingerprint density at radius 3 is 2.04 bits per heavy atom. The van der Waals surface area contributed by atoms with E-state index in [9.17, 15) is 0 Å². The van der Waals surface area contributed by atoms with E-state index in [0.29, 0.717) is 0 Å². The van der Waals surface area contributed by atoms with Crippen LogP contribution >= 0.6 is 0 Å². The maximum Gasteiger partial charge on any atom is 0.138 e. The van der Waals surface area contributed by atoms with E-state index in [0.717, 1.165) is 39.4 Å². The lowest BCUT2D eigenvalue weighted by atomic mass is 9.86. The Morgan fingerprint density at radius 2 is 1.48 bits per heavy atom. The monoisotopic (exact) mass is 310 g/mol. The van der Waals surface area contributed by atoms with Crippen molar-refractivity contribution in [1.82, 2.24) is 0 Å². The number of fused-ring (bicyclic) bond motifs is 1. The highest BCUT2D eigenvalue weighted by Crippen LogP contribution is 2.38. The molecule has 0 atom stereocenters. The Hall–Kier alpha value is -2.42. The third kappa shape index (κ3) is 2.91. The first-order chi connectivity index (χ1) is 10.9. The SMILES string of the molecule is COc1ccc(-c2cc3cc(OC)cc(C(C)(C)C)c3o2)cc1. The predicted octanol–water partition coefficient (Wildman–Crippen LogP) is 5.41. The Morgan fingerprint density at radius 1 is 0.826 bits per heavy atom. The Kier molecular flexibility index (Phi) is 3.80. The molecule has 3 rings (SSSR count). The fourth-order valence-electron chi connectivity index (χ4n) is 2.70. The van der Waals surface area contributed by atoms with Crippen LogP contribution in [0.1, 0.15) is 26.3 Å². The van der Waals surface area contributed by atoms with Crippen molar-refractivity contribution in [2.45, 2.75) is 26.2 Å². The van der Waals surface area contributed by atoms with Crippen LogP contribution in [0, 0.1) is 0 Å². The van der Waals surface area contributed by atoms with Crippen LogP contribution in [-0.4, -0.2) is 14.2 Å². The molecular weight excluding hydrogens is 288 g/mol. The van der Waals surface area contributed by atoms with E-state index in [1.54, 1.807) is 14.2 Å². The maximum absolute atomic E-state index is 6.19. The zero-order valence-corrected chi connectivity index (χ0v) is 14.3. The summed E-state index contributed by atoms with van der Waals surface area (Å²) >= 11 is 0. The first kappa shape index (κ1) is 15.5. The molecule has 3 heteroatoms. The fraction of sp³-hybridized carbons (Fsp3) is 0.300. The molecule has 120 valence electrons. The third-order valence-electron chi connectivity index (χ3n) is 4.01. The van der Waals surface area contributed by atoms with Crippen LogP contribution in [0.3, 0.4) is 0 Å². The molecule has 23 heavy (non-hydrogen) atoms. The highest BCUT2D eigenvalue weighted by molar-refractivity contribution is 5.87. The number of methoxy groups -OCH3 is 2. The number of rotatable bonds is 3. The lowest BCUT2D eigenvalue weighted by Crippen LogP contribution is -2.11. The van der Waals surface area contributed by atoms with Gasteiger partial charge in [0.15, 0.2) is 0 Å². The highest BCUT2D eigenvalue weighted by atomic mass is 16.5. The van der Waals surface area contributed by atoms with E-state index in [4.69, 9.17) is 13.9 Å². The molecule has 0 saturated carbocycles. The minimum Gasteiger partial charge on any atom is -0.497 e. The zero-order valence-electron chi connectivity index (χ0n) is 14.3. The van der Waals surface area contributed by atoms with Gasteiger partial charge < -0.3 is 13.9 Å². The van der Waals surface area contributed by atoms with Crippen molar-refractivity contribution in [2.24, 2.45) is 0 Å². The van der Waals surface area contributed by atoms with Gasteiger partial charge in [-0.15, -0.1) is 0 Å². The Labute approximate surface area is 136 Å². The molecule has 0 fully saturated rings. The fourth-order valence-corrected chi connectivity index (χ4v) is 2.70. The molecule has 0 spiro atoms. The van der Waals surface area contributed by atoms with Gasteiger partial charge >= 0.3 is 0 Å². The van der Waals surface area contributed by atoms with Gasteiger partial charge in [-0.2, -0.15) is 0 Å². The van der Waals surface area contributed by atoms with Crippen LogP contribution in [0.15, 0.2) is 46.9 Å². The maximum atomic E-state index is 6.19. The summed E-state index contributed by atoms with van der Waals surface area (Å²) in [6.07, 6.45) is 0. The number of ether oxygens (including phenoxy) is 2. The standard InChI is InChI=1S/C20H22O3/c1-20(2,3)17-12-16(22-5)10-14-11-18(23-19(14)17)13-6-8-15(21-4)9-7-13/h6-12H,1-5H3. The summed E-state index contributed by atoms with van der Waals surface area (Å²) in [4.78, 5) is 0. The third-order valence-corrected chi connectivity index (χ3v) is 4.01. The Balaban J connectivity index is 2.17. The first-order valence-electron chi connectivity index (χ1n) is 7.69. The molecule has 3 nitrogen and oxygen atoms in total. The number of furan rings is 1. The number of hydrogen-bond acceptors (Lipinski definition) is 3. The minimum atomic E-state index is -0.0260. The van der Waals surface area contributed by atoms with E-state index in [-0.39, 0.29) is 5.41 Å². The van der Waals surface area contributed by atoms with Gasteiger partial charge in [0.1, 0.15) is 22.8 Å². The second kappa shape index (κ2) is 5.65. The molecule has 0 saturated heterocycles. The van der Waals surface area contributed by atoms with Crippen molar-refractivity contribution in [3.8, 4) is 22.8 Å². The largest absolute Gasteiger partial charge is 0.497 e. The molecule has 0 aliphatic heterocycles. The quantitative estimate of drug-likeness (QED) is 0.648. The second-order valence-electron chi connectivity index (χ2n) is 6.68. The topological polar surface area (TPSA) is 31.6 Å². The molecule has 0 unspecified atom stereocenters. The summed E-state index contributed by atoms with van der Waals surface area (Å²) in [5, 5.41) is 1.06. The van der Waals surface area contributed by atoms with Gasteiger partial charge in [-0.3, -0.25) is 0 Å². The number of benzene rings is 2. The summed E-state index contributed by atoms with van der Waals surface area (Å²) in [6, 6.07) is 14.0. The van der Waals surface area contributed by atoms with Gasteiger partial charge in [0.05, 0.1) is 14.2 Å².